The smallest absolute Gasteiger partial charge is 0.251 e. The van der Waals surface area contributed by atoms with E-state index in [1.54, 1.807) is 6.07 Å². The van der Waals surface area contributed by atoms with E-state index in [1.807, 2.05) is 19.1 Å². The molecule has 5 heteroatoms. The Morgan fingerprint density at radius 3 is 2.52 bits per heavy atom. The molecule has 0 saturated heterocycles. The Labute approximate surface area is 150 Å². The average Bonchev–Trinajstić information content (AvgIpc) is 3.09. The van der Waals surface area contributed by atoms with Crippen LogP contribution < -0.4 is 16.4 Å². The fraction of sp³-hybridized carbons (Fsp3) is 0.600. The van der Waals surface area contributed by atoms with Crippen molar-refractivity contribution < 1.29 is 9.59 Å². The van der Waals surface area contributed by atoms with Gasteiger partial charge < -0.3 is 16.4 Å². The van der Waals surface area contributed by atoms with Gasteiger partial charge in [-0.1, -0.05) is 25.7 Å². The minimum Gasteiger partial charge on any atom is -0.349 e. The number of aryl methyl sites for hydroxylation is 1. The zero-order valence-electron chi connectivity index (χ0n) is 15.3. The highest BCUT2D eigenvalue weighted by molar-refractivity contribution is 5.96. The molecule has 4 N–H and O–H groups in total. The van der Waals surface area contributed by atoms with Crippen LogP contribution in [0.1, 0.15) is 73.7 Å². The molecule has 138 valence electrons. The van der Waals surface area contributed by atoms with Gasteiger partial charge in [-0.3, -0.25) is 9.59 Å². The SMILES string of the molecule is Cc1cc(C(=O)NC2CCCC2)ccc1NC(=O)CCCCCCN. The third-order valence-corrected chi connectivity index (χ3v) is 4.81. The molecule has 2 amide bonds. The van der Waals surface area contributed by atoms with Crippen LogP contribution >= 0.6 is 0 Å². The number of carbonyl (C=O) groups excluding carboxylic acids is 2. The van der Waals surface area contributed by atoms with Gasteiger partial charge in [-0.2, -0.15) is 0 Å². The van der Waals surface area contributed by atoms with E-state index in [2.05, 4.69) is 10.6 Å². The molecule has 0 spiro atoms. The minimum absolute atomic E-state index is 0.0206. The second-order valence-electron chi connectivity index (χ2n) is 6.99. The first-order valence-electron chi connectivity index (χ1n) is 9.51. The molecule has 2 rings (SSSR count). The molecule has 0 aromatic heterocycles. The molecule has 0 unspecified atom stereocenters. The zero-order chi connectivity index (χ0) is 18.1. The number of nitrogens with two attached hydrogens (primary N) is 1. The monoisotopic (exact) mass is 345 g/mol. The lowest BCUT2D eigenvalue weighted by Gasteiger charge is -2.14. The standard InChI is InChI=1S/C20H31N3O2/c1-15-14-16(20(25)22-17-8-5-6-9-17)11-12-18(15)23-19(24)10-4-2-3-7-13-21/h11-12,14,17H,2-10,13,21H2,1H3,(H,22,25)(H,23,24). The maximum atomic E-state index is 12.3. The summed E-state index contributed by atoms with van der Waals surface area (Å²) in [5, 5.41) is 6.04. The van der Waals surface area contributed by atoms with Crippen molar-refractivity contribution in [3.05, 3.63) is 29.3 Å². The fourth-order valence-corrected chi connectivity index (χ4v) is 3.28. The van der Waals surface area contributed by atoms with Crippen LogP contribution in [0.3, 0.4) is 0 Å². The highest BCUT2D eigenvalue weighted by atomic mass is 16.2. The first-order valence-corrected chi connectivity index (χ1v) is 9.51. The highest BCUT2D eigenvalue weighted by Crippen LogP contribution is 2.20. The van der Waals surface area contributed by atoms with Crippen molar-refractivity contribution in [2.45, 2.75) is 70.8 Å². The van der Waals surface area contributed by atoms with Crippen molar-refractivity contribution in [1.29, 1.82) is 0 Å². The molecule has 1 saturated carbocycles. The normalized spacial score (nSPS) is 14.5. The Bertz CT molecular complexity index is 580. The molecule has 0 atom stereocenters. The van der Waals surface area contributed by atoms with E-state index >= 15 is 0 Å². The minimum atomic E-state index is -0.0206. The first-order chi connectivity index (χ1) is 12.1. The molecule has 25 heavy (non-hydrogen) atoms. The Morgan fingerprint density at radius 1 is 1.12 bits per heavy atom. The van der Waals surface area contributed by atoms with Crippen LogP contribution in [0.15, 0.2) is 18.2 Å². The van der Waals surface area contributed by atoms with Gasteiger partial charge in [-0.25, -0.2) is 0 Å². The summed E-state index contributed by atoms with van der Waals surface area (Å²) in [6.45, 7) is 2.63. The largest absolute Gasteiger partial charge is 0.349 e. The number of benzene rings is 1. The van der Waals surface area contributed by atoms with Gasteiger partial charge in [0.2, 0.25) is 5.91 Å². The van der Waals surface area contributed by atoms with E-state index in [1.165, 1.54) is 12.8 Å². The molecule has 0 radical (unpaired) electrons. The lowest BCUT2D eigenvalue weighted by molar-refractivity contribution is -0.116. The van der Waals surface area contributed by atoms with E-state index in [4.69, 9.17) is 5.73 Å². The topological polar surface area (TPSA) is 84.2 Å². The predicted octanol–water partition coefficient (Wildman–Crippen LogP) is 3.52. The van der Waals surface area contributed by atoms with Crippen LogP contribution in [-0.4, -0.2) is 24.4 Å². The van der Waals surface area contributed by atoms with Crippen molar-refractivity contribution in [2.24, 2.45) is 5.73 Å². The van der Waals surface area contributed by atoms with Crippen molar-refractivity contribution in [1.82, 2.24) is 5.32 Å². The number of amides is 2. The number of carbonyl (C=O) groups is 2. The van der Waals surface area contributed by atoms with E-state index in [0.717, 1.165) is 49.8 Å². The number of unbranched alkanes of at least 4 members (excludes halogenated alkanes) is 3. The number of anilines is 1. The average molecular weight is 345 g/mol. The van der Waals surface area contributed by atoms with Gasteiger partial charge in [0.1, 0.15) is 0 Å². The van der Waals surface area contributed by atoms with Crippen LogP contribution in [0.5, 0.6) is 0 Å². The van der Waals surface area contributed by atoms with Crippen molar-refractivity contribution >= 4 is 17.5 Å². The number of nitrogens with one attached hydrogen (secondary N) is 2. The van der Waals surface area contributed by atoms with E-state index in [9.17, 15) is 9.59 Å². The maximum absolute atomic E-state index is 12.3. The van der Waals surface area contributed by atoms with E-state index < -0.39 is 0 Å². The number of hydrogen-bond donors (Lipinski definition) is 3. The Balaban J connectivity index is 1.81. The fourth-order valence-electron chi connectivity index (χ4n) is 3.28. The van der Waals surface area contributed by atoms with Gasteiger partial charge in [0.15, 0.2) is 0 Å². The van der Waals surface area contributed by atoms with Gasteiger partial charge in [-0.15, -0.1) is 0 Å². The molecule has 1 aromatic carbocycles. The summed E-state index contributed by atoms with van der Waals surface area (Å²) in [6, 6.07) is 5.77. The lowest BCUT2D eigenvalue weighted by atomic mass is 10.1. The summed E-state index contributed by atoms with van der Waals surface area (Å²) >= 11 is 0. The summed E-state index contributed by atoms with van der Waals surface area (Å²) in [5.74, 6) is 0.00628. The third-order valence-electron chi connectivity index (χ3n) is 4.81. The van der Waals surface area contributed by atoms with Crippen molar-refractivity contribution in [3.8, 4) is 0 Å². The Morgan fingerprint density at radius 2 is 1.84 bits per heavy atom. The first kappa shape index (κ1) is 19.4. The van der Waals surface area contributed by atoms with Crippen LogP contribution in [-0.2, 0) is 4.79 Å². The third kappa shape index (κ3) is 6.50. The summed E-state index contributed by atoms with van der Waals surface area (Å²) in [7, 11) is 0. The zero-order valence-corrected chi connectivity index (χ0v) is 15.3. The summed E-state index contributed by atoms with van der Waals surface area (Å²) in [6.07, 6.45) is 9.07. The lowest BCUT2D eigenvalue weighted by Crippen LogP contribution is -2.32. The van der Waals surface area contributed by atoms with Crippen LogP contribution in [0, 0.1) is 6.92 Å². The summed E-state index contributed by atoms with van der Waals surface area (Å²) in [5.41, 5.74) is 7.81. The summed E-state index contributed by atoms with van der Waals surface area (Å²) < 4.78 is 0. The molecule has 5 nitrogen and oxygen atoms in total. The second kappa shape index (κ2) is 10.2. The van der Waals surface area contributed by atoms with Gasteiger partial charge in [0.05, 0.1) is 0 Å². The van der Waals surface area contributed by atoms with Gasteiger partial charge in [0.25, 0.3) is 5.91 Å². The molecular weight excluding hydrogens is 314 g/mol. The quantitative estimate of drug-likeness (QED) is 0.599. The van der Waals surface area contributed by atoms with E-state index in [-0.39, 0.29) is 11.8 Å². The highest BCUT2D eigenvalue weighted by Gasteiger charge is 2.18. The predicted molar refractivity (Wildman–Crippen MR) is 102 cm³/mol. The molecule has 0 heterocycles. The van der Waals surface area contributed by atoms with Crippen LogP contribution in [0.2, 0.25) is 0 Å². The molecule has 1 aromatic rings. The van der Waals surface area contributed by atoms with Gasteiger partial charge in [0, 0.05) is 23.7 Å². The molecule has 0 aliphatic heterocycles. The molecule has 0 bridgehead atoms. The molecular formula is C20H31N3O2. The molecule has 1 aliphatic rings. The number of rotatable bonds is 9. The number of hydrogen-bond acceptors (Lipinski definition) is 3. The van der Waals surface area contributed by atoms with Crippen LogP contribution in [0.4, 0.5) is 5.69 Å². The second-order valence-corrected chi connectivity index (χ2v) is 6.99. The van der Waals surface area contributed by atoms with Crippen LogP contribution in [0.25, 0.3) is 0 Å². The molecule has 1 fully saturated rings. The Hall–Kier alpha value is -1.88. The van der Waals surface area contributed by atoms with Crippen molar-refractivity contribution in [2.75, 3.05) is 11.9 Å². The maximum Gasteiger partial charge on any atom is 0.251 e. The van der Waals surface area contributed by atoms with Gasteiger partial charge in [-0.05, 0) is 62.9 Å². The van der Waals surface area contributed by atoms with Gasteiger partial charge >= 0.3 is 0 Å². The summed E-state index contributed by atoms with van der Waals surface area (Å²) in [4.78, 5) is 24.3. The Kier molecular flexibility index (Phi) is 7.92. The van der Waals surface area contributed by atoms with E-state index in [0.29, 0.717) is 24.6 Å². The van der Waals surface area contributed by atoms with Crippen molar-refractivity contribution in [3.63, 3.8) is 0 Å². The molecule has 1 aliphatic carbocycles.